The number of benzene rings is 4. The Balaban J connectivity index is 0.00000187. The number of tetrazole rings is 1. The SMILES string of the molecule is CO/N=C(\C(=O)N[C@@H]1C(=O)N2C(C(=O)O)=C(CSc3nnnn3N=Cc3ccccc3)CS[C@@H]12)c1csc(NC(c2ccccc2)(c2ccccc2)c2ccccc2)n1.O=CO. The second-order valence-corrected chi connectivity index (χ2v) is 16.1. The van der Waals surface area contributed by atoms with Gasteiger partial charge in [-0.1, -0.05) is 143 Å². The normalized spacial score (nSPS) is 16.1. The van der Waals surface area contributed by atoms with Crippen LogP contribution in [0.5, 0.6) is 0 Å². The number of thioether (sulfide) groups is 2. The second-order valence-electron chi connectivity index (χ2n) is 13.2. The molecule has 8 rings (SSSR count). The third-order valence-electron chi connectivity index (χ3n) is 9.51. The predicted molar refractivity (Wildman–Crippen MR) is 235 cm³/mol. The fourth-order valence-corrected chi connectivity index (χ4v) is 9.89. The van der Waals surface area contributed by atoms with Gasteiger partial charge in [0.2, 0.25) is 5.16 Å². The minimum atomic E-state index is -1.26. The van der Waals surface area contributed by atoms with Gasteiger partial charge in [-0.2, -0.15) is 5.10 Å². The molecule has 2 atom stereocenters. The van der Waals surface area contributed by atoms with Crippen molar-refractivity contribution in [3.05, 3.63) is 166 Å². The summed E-state index contributed by atoms with van der Waals surface area (Å²) in [5.41, 5.74) is 3.35. The first-order valence-electron chi connectivity index (χ1n) is 18.6. The first-order valence-corrected chi connectivity index (χ1v) is 21.5. The number of carboxylic acids is 1. The van der Waals surface area contributed by atoms with Crippen molar-refractivity contribution >= 4 is 76.2 Å². The van der Waals surface area contributed by atoms with Gasteiger partial charge < -0.3 is 25.7 Å². The van der Waals surface area contributed by atoms with Crippen molar-refractivity contribution in [2.24, 2.45) is 10.3 Å². The Hall–Kier alpha value is -7.16. The molecule has 0 spiro atoms. The Labute approximate surface area is 366 Å². The number of fused-ring (bicyclic) bond motifs is 1. The summed E-state index contributed by atoms with van der Waals surface area (Å²) in [5.74, 6) is -2.05. The van der Waals surface area contributed by atoms with Crippen molar-refractivity contribution in [1.82, 2.24) is 35.5 Å². The zero-order valence-electron chi connectivity index (χ0n) is 32.6. The van der Waals surface area contributed by atoms with Crippen LogP contribution in [0.2, 0.25) is 0 Å². The molecule has 2 aliphatic heterocycles. The van der Waals surface area contributed by atoms with Crippen molar-refractivity contribution < 1.29 is 34.2 Å². The molecule has 0 unspecified atom stereocenters. The van der Waals surface area contributed by atoms with Crippen molar-refractivity contribution in [3.8, 4) is 0 Å². The number of hydrogen-bond acceptors (Lipinski definition) is 15. The summed E-state index contributed by atoms with van der Waals surface area (Å²) in [6.45, 7) is -0.250. The zero-order chi connectivity index (χ0) is 43.5. The van der Waals surface area contributed by atoms with E-state index in [0.717, 1.165) is 22.3 Å². The first-order chi connectivity index (χ1) is 30.3. The Morgan fingerprint density at radius 1 is 0.952 bits per heavy atom. The number of β-lactam (4-membered cyclic amide) rings is 1. The maximum Gasteiger partial charge on any atom is 0.352 e. The largest absolute Gasteiger partial charge is 0.483 e. The standard InChI is InChI=1S/C41H34N10O5S3.CH2O2/c1-56-47-32(31-25-58-39(43-31)45-41(28-16-8-3-9-17-28,29-18-10-4-11-19-29)30-20-12-5-13-21-30)35(52)44-33-36(53)50-34(38(54)55)27(23-57-37(33)50)24-59-40-46-48-49-51(40)42-22-26-14-6-2-7-15-26;2-1-3/h2-22,25,33,37H,23-24H2,1H3,(H,43,45)(H,44,52)(H,54,55);1H,(H,2,3)/b42-22?,47-32-;/t33-,37+;/m1./s1. The summed E-state index contributed by atoms with van der Waals surface area (Å²) in [5, 5.41) is 45.5. The molecule has 2 aliphatic rings. The lowest BCUT2D eigenvalue weighted by Crippen LogP contribution is -2.71. The van der Waals surface area contributed by atoms with E-state index < -0.39 is 34.7 Å². The number of nitrogens with one attached hydrogen (secondary N) is 2. The molecule has 0 bridgehead atoms. The molecular weight excluding hydrogens is 853 g/mol. The van der Waals surface area contributed by atoms with Crippen LogP contribution in [0.1, 0.15) is 27.9 Å². The van der Waals surface area contributed by atoms with E-state index >= 15 is 0 Å². The Morgan fingerprint density at radius 2 is 1.53 bits per heavy atom. The molecular formula is C42H36N10O7S3. The van der Waals surface area contributed by atoms with Gasteiger partial charge in [-0.25, -0.2) is 9.78 Å². The van der Waals surface area contributed by atoms with E-state index in [1.165, 1.54) is 51.7 Å². The van der Waals surface area contributed by atoms with E-state index in [4.69, 9.17) is 19.7 Å². The molecule has 4 heterocycles. The minimum absolute atomic E-state index is 0.136. The number of carbonyl (C=O) groups is 4. The van der Waals surface area contributed by atoms with Crippen LogP contribution >= 0.6 is 34.9 Å². The zero-order valence-corrected chi connectivity index (χ0v) is 35.0. The van der Waals surface area contributed by atoms with Crippen molar-refractivity contribution in [1.29, 1.82) is 0 Å². The van der Waals surface area contributed by atoms with Crippen molar-refractivity contribution in [2.45, 2.75) is 22.1 Å². The molecule has 1 saturated heterocycles. The van der Waals surface area contributed by atoms with Gasteiger partial charge in [0.05, 0.1) is 6.21 Å². The monoisotopic (exact) mass is 888 g/mol. The number of thiazole rings is 1. The molecule has 314 valence electrons. The van der Waals surface area contributed by atoms with Gasteiger partial charge in [0.25, 0.3) is 18.3 Å². The second kappa shape index (κ2) is 19.9. The van der Waals surface area contributed by atoms with Gasteiger partial charge in [0.1, 0.15) is 35.5 Å². The molecule has 6 aromatic rings. The lowest BCUT2D eigenvalue weighted by Gasteiger charge is -2.49. The maximum atomic E-state index is 13.9. The van der Waals surface area contributed by atoms with Crippen LogP contribution in [0.4, 0.5) is 5.13 Å². The number of oxime groups is 1. The fraction of sp³-hybridized carbons (Fsp3) is 0.143. The van der Waals surface area contributed by atoms with Crippen LogP contribution in [0.25, 0.3) is 0 Å². The molecule has 0 saturated carbocycles. The third-order valence-corrected chi connectivity index (χ3v) is 12.6. The third kappa shape index (κ3) is 9.11. The Bertz CT molecular complexity index is 2510. The Morgan fingerprint density at radius 3 is 2.10 bits per heavy atom. The summed E-state index contributed by atoms with van der Waals surface area (Å²) >= 11 is 3.82. The lowest BCUT2D eigenvalue weighted by atomic mass is 9.77. The topological polar surface area (TPSA) is 226 Å². The number of hydrogen-bond donors (Lipinski definition) is 4. The number of aliphatic carboxylic acids is 1. The molecule has 0 aliphatic carbocycles. The summed E-state index contributed by atoms with van der Waals surface area (Å²) in [4.78, 5) is 60.8. The van der Waals surface area contributed by atoms with Crippen molar-refractivity contribution in [3.63, 3.8) is 0 Å². The van der Waals surface area contributed by atoms with Gasteiger partial charge in [0.15, 0.2) is 10.8 Å². The van der Waals surface area contributed by atoms with E-state index in [-0.39, 0.29) is 35.1 Å². The van der Waals surface area contributed by atoms with E-state index in [0.29, 0.717) is 15.9 Å². The predicted octanol–water partition coefficient (Wildman–Crippen LogP) is 5.00. The lowest BCUT2D eigenvalue weighted by molar-refractivity contribution is -0.150. The summed E-state index contributed by atoms with van der Waals surface area (Å²) < 4.78 is 0. The van der Waals surface area contributed by atoms with Crippen LogP contribution in [-0.2, 0) is 29.6 Å². The number of nitrogens with zero attached hydrogens (tertiary/aromatic N) is 8. The molecule has 4 N–H and O–H groups in total. The molecule has 17 nitrogen and oxygen atoms in total. The highest BCUT2D eigenvalue weighted by Gasteiger charge is 2.54. The molecule has 1 fully saturated rings. The summed E-state index contributed by atoms with van der Waals surface area (Å²) in [7, 11) is 1.31. The number of carboxylic acid groups (broad SMARTS) is 2. The quantitative estimate of drug-likeness (QED) is 0.0266. The van der Waals surface area contributed by atoms with E-state index in [1.807, 2.05) is 84.9 Å². The average molecular weight is 889 g/mol. The molecule has 2 aromatic heterocycles. The molecule has 0 radical (unpaired) electrons. The van der Waals surface area contributed by atoms with E-state index in [2.05, 4.69) is 72.8 Å². The van der Waals surface area contributed by atoms with Crippen LogP contribution in [0, 0.1) is 0 Å². The van der Waals surface area contributed by atoms with E-state index in [1.54, 1.807) is 11.6 Å². The van der Waals surface area contributed by atoms with Crippen LogP contribution in [-0.4, -0.2) is 107 Å². The number of rotatable bonds is 15. The van der Waals surface area contributed by atoms with Gasteiger partial charge in [0, 0.05) is 16.9 Å². The van der Waals surface area contributed by atoms with Gasteiger partial charge in [-0.05, 0) is 38.3 Å². The smallest absolute Gasteiger partial charge is 0.352 e. The minimum Gasteiger partial charge on any atom is -0.483 e. The highest BCUT2D eigenvalue weighted by molar-refractivity contribution is 8.01. The molecule has 4 aromatic carbocycles. The Kier molecular flexibility index (Phi) is 13.8. The van der Waals surface area contributed by atoms with Crippen molar-refractivity contribution in [2.75, 3.05) is 23.9 Å². The van der Waals surface area contributed by atoms with E-state index in [9.17, 15) is 19.5 Å². The summed E-state index contributed by atoms with van der Waals surface area (Å²) in [6.07, 6.45) is 1.61. The average Bonchev–Trinajstić information content (AvgIpc) is 3.98. The first kappa shape index (κ1) is 42.9. The molecule has 2 amide bonds. The molecule has 62 heavy (non-hydrogen) atoms. The maximum absolute atomic E-state index is 13.9. The van der Waals surface area contributed by atoms with Crippen LogP contribution < -0.4 is 10.6 Å². The summed E-state index contributed by atoms with van der Waals surface area (Å²) in [6, 6.07) is 38.5. The number of anilines is 1. The van der Waals surface area contributed by atoms with Gasteiger partial charge in [-0.3, -0.25) is 19.3 Å². The van der Waals surface area contributed by atoms with Crippen LogP contribution in [0.3, 0.4) is 0 Å². The van der Waals surface area contributed by atoms with Crippen LogP contribution in [0.15, 0.2) is 153 Å². The number of carbonyl (C=O) groups excluding carboxylic acids is 2. The highest BCUT2D eigenvalue weighted by atomic mass is 32.2. The number of aromatic nitrogens is 5. The highest BCUT2D eigenvalue weighted by Crippen LogP contribution is 2.43. The number of amides is 2. The molecule has 20 heteroatoms. The van der Waals surface area contributed by atoms with Gasteiger partial charge in [-0.15, -0.1) is 27.9 Å². The fourth-order valence-electron chi connectivity index (χ4n) is 6.83. The van der Waals surface area contributed by atoms with Gasteiger partial charge >= 0.3 is 5.97 Å².